The highest BCUT2D eigenvalue weighted by Gasteiger charge is 2.42. The Hall–Kier alpha value is -4.26. The molecule has 0 radical (unpaired) electrons. The minimum Gasteiger partial charge on any atom is -0.497 e. The van der Waals surface area contributed by atoms with Crippen LogP contribution >= 0.6 is 0 Å². The fourth-order valence-corrected chi connectivity index (χ4v) is 5.02. The van der Waals surface area contributed by atoms with Gasteiger partial charge in [0.1, 0.15) is 11.3 Å². The smallest absolute Gasteiger partial charge is 0.290 e. The Bertz CT molecular complexity index is 1570. The lowest BCUT2D eigenvalue weighted by atomic mass is 9.97. The number of carbonyl (C=O) groups excluding carboxylic acids is 1. The maximum atomic E-state index is 13.9. The third-order valence-electron chi connectivity index (χ3n) is 7.19. The number of nitrogens with zero attached hydrogens (tertiary/aromatic N) is 1. The minimum absolute atomic E-state index is 0.0957. The first-order valence-corrected chi connectivity index (χ1v) is 12.7. The van der Waals surface area contributed by atoms with Crippen LogP contribution in [0.15, 0.2) is 63.8 Å². The maximum Gasteiger partial charge on any atom is 0.290 e. The summed E-state index contributed by atoms with van der Waals surface area (Å²) in [5, 5.41) is 0.472. The first-order valence-electron chi connectivity index (χ1n) is 12.7. The molecule has 1 unspecified atom stereocenters. The molecule has 7 heteroatoms. The lowest BCUT2D eigenvalue weighted by Crippen LogP contribution is -2.31. The van der Waals surface area contributed by atoms with Gasteiger partial charge in [-0.1, -0.05) is 18.2 Å². The van der Waals surface area contributed by atoms with E-state index in [-0.39, 0.29) is 17.1 Å². The fraction of sp³-hybridized carbons (Fsp3) is 0.290. The molecular formula is C31H31NO6. The highest BCUT2D eigenvalue weighted by atomic mass is 16.5. The van der Waals surface area contributed by atoms with Crippen molar-refractivity contribution in [3.05, 3.63) is 98.4 Å². The van der Waals surface area contributed by atoms with E-state index >= 15 is 0 Å². The van der Waals surface area contributed by atoms with Crippen LogP contribution in [0, 0.1) is 13.8 Å². The number of carbonyl (C=O) groups is 1. The Balaban J connectivity index is 1.63. The molecule has 1 aliphatic heterocycles. The van der Waals surface area contributed by atoms with Crippen LogP contribution < -0.4 is 19.6 Å². The zero-order chi connectivity index (χ0) is 27.0. The van der Waals surface area contributed by atoms with Gasteiger partial charge >= 0.3 is 0 Å². The number of methoxy groups -OCH3 is 2. The molecule has 1 atom stereocenters. The Morgan fingerprint density at radius 3 is 2.32 bits per heavy atom. The number of rotatable bonds is 8. The summed E-state index contributed by atoms with van der Waals surface area (Å²) in [6.07, 6.45) is 0.598. The highest BCUT2D eigenvalue weighted by molar-refractivity contribution is 5.99. The van der Waals surface area contributed by atoms with E-state index < -0.39 is 6.04 Å². The Labute approximate surface area is 221 Å². The van der Waals surface area contributed by atoms with Gasteiger partial charge in [0.25, 0.3) is 5.91 Å². The lowest BCUT2D eigenvalue weighted by molar-refractivity contribution is 0.0730. The standard InChI is InChI=1S/C31H31NO6/c1-6-37-24-12-9-21(17-26(24)36-5)28-27-29(33)23-15-18(2)19(3)16-25(23)38-30(27)31(34)32(28)14-13-20-7-10-22(35-4)11-8-20/h7-12,15-17,28H,6,13-14H2,1-5H3. The third-order valence-corrected chi connectivity index (χ3v) is 7.19. The van der Waals surface area contributed by atoms with E-state index in [1.165, 1.54) is 0 Å². The van der Waals surface area contributed by atoms with Gasteiger partial charge in [0.2, 0.25) is 5.76 Å². The largest absolute Gasteiger partial charge is 0.497 e. The summed E-state index contributed by atoms with van der Waals surface area (Å²) in [6, 6.07) is 16.3. The molecule has 0 fully saturated rings. The van der Waals surface area contributed by atoms with Crippen LogP contribution in [0.3, 0.4) is 0 Å². The fourth-order valence-electron chi connectivity index (χ4n) is 5.02. The van der Waals surface area contributed by atoms with Gasteiger partial charge in [-0.05, 0) is 85.8 Å². The Kier molecular flexibility index (Phi) is 6.85. The molecule has 1 amide bonds. The van der Waals surface area contributed by atoms with Gasteiger partial charge < -0.3 is 23.5 Å². The molecule has 0 N–H and O–H groups in total. The molecule has 2 heterocycles. The van der Waals surface area contributed by atoms with Gasteiger partial charge in [0.05, 0.1) is 37.8 Å². The zero-order valence-corrected chi connectivity index (χ0v) is 22.3. The first-order chi connectivity index (χ1) is 18.4. The van der Waals surface area contributed by atoms with Crippen LogP contribution in [0.25, 0.3) is 11.0 Å². The predicted octanol–water partition coefficient (Wildman–Crippen LogP) is 5.61. The Morgan fingerprint density at radius 2 is 1.63 bits per heavy atom. The number of hydrogen-bond donors (Lipinski definition) is 0. The minimum atomic E-state index is -0.623. The van der Waals surface area contributed by atoms with Crippen LogP contribution in [-0.4, -0.2) is 38.2 Å². The summed E-state index contributed by atoms with van der Waals surface area (Å²) < 4.78 is 22.7. The second-order valence-electron chi connectivity index (χ2n) is 9.45. The normalized spacial score (nSPS) is 14.6. The van der Waals surface area contributed by atoms with Gasteiger partial charge in [-0.15, -0.1) is 0 Å². The number of benzene rings is 3. The summed E-state index contributed by atoms with van der Waals surface area (Å²) in [5.74, 6) is 1.70. The molecule has 0 saturated carbocycles. The third kappa shape index (κ3) is 4.38. The summed E-state index contributed by atoms with van der Waals surface area (Å²) >= 11 is 0. The van der Waals surface area contributed by atoms with Crippen LogP contribution in [0.5, 0.6) is 17.2 Å². The number of amides is 1. The van der Waals surface area contributed by atoms with Crippen LogP contribution in [-0.2, 0) is 6.42 Å². The average Bonchev–Trinajstić information content (AvgIpc) is 3.20. The van der Waals surface area contributed by atoms with Crippen LogP contribution in [0.4, 0.5) is 0 Å². The van der Waals surface area contributed by atoms with E-state index in [4.69, 9.17) is 18.6 Å². The summed E-state index contributed by atoms with van der Waals surface area (Å²) in [5.41, 5.74) is 4.37. The maximum absolute atomic E-state index is 13.9. The molecule has 0 aliphatic carbocycles. The molecule has 5 rings (SSSR count). The van der Waals surface area contributed by atoms with Gasteiger partial charge in [-0.3, -0.25) is 9.59 Å². The number of aryl methyl sites for hydroxylation is 2. The van der Waals surface area contributed by atoms with E-state index in [1.54, 1.807) is 19.1 Å². The van der Waals surface area contributed by atoms with Crippen molar-refractivity contribution in [2.75, 3.05) is 27.4 Å². The zero-order valence-electron chi connectivity index (χ0n) is 22.3. The second kappa shape index (κ2) is 10.2. The van der Waals surface area contributed by atoms with E-state index in [1.807, 2.05) is 75.4 Å². The van der Waals surface area contributed by atoms with Crippen LogP contribution in [0.2, 0.25) is 0 Å². The van der Waals surface area contributed by atoms with Gasteiger partial charge in [-0.25, -0.2) is 0 Å². The SMILES string of the molecule is CCOc1ccc(C2c3c(oc4cc(C)c(C)cc4c3=O)C(=O)N2CCc2ccc(OC)cc2)cc1OC. The molecule has 4 aromatic rings. The number of fused-ring (bicyclic) bond motifs is 2. The van der Waals surface area contributed by atoms with E-state index in [9.17, 15) is 9.59 Å². The van der Waals surface area contributed by atoms with Crippen molar-refractivity contribution in [3.8, 4) is 17.2 Å². The van der Waals surface area contributed by atoms with Crippen molar-refractivity contribution >= 4 is 16.9 Å². The average molecular weight is 514 g/mol. The van der Waals surface area contributed by atoms with Gasteiger partial charge in [0.15, 0.2) is 16.9 Å². The predicted molar refractivity (Wildman–Crippen MR) is 146 cm³/mol. The number of ether oxygens (including phenoxy) is 3. The van der Waals surface area contributed by atoms with E-state index in [0.29, 0.717) is 47.6 Å². The van der Waals surface area contributed by atoms with Crippen molar-refractivity contribution in [2.24, 2.45) is 0 Å². The summed E-state index contributed by atoms with van der Waals surface area (Å²) in [6.45, 7) is 6.70. The molecular weight excluding hydrogens is 482 g/mol. The molecule has 1 aromatic heterocycles. The van der Waals surface area contributed by atoms with E-state index in [2.05, 4.69) is 0 Å². The van der Waals surface area contributed by atoms with Gasteiger partial charge in [0, 0.05) is 6.54 Å². The van der Waals surface area contributed by atoms with Crippen molar-refractivity contribution in [3.63, 3.8) is 0 Å². The molecule has 0 spiro atoms. The molecule has 196 valence electrons. The molecule has 3 aromatic carbocycles. The molecule has 1 aliphatic rings. The second-order valence-corrected chi connectivity index (χ2v) is 9.45. The van der Waals surface area contributed by atoms with Crippen molar-refractivity contribution < 1.29 is 23.4 Å². The summed E-state index contributed by atoms with van der Waals surface area (Å²) in [4.78, 5) is 29.4. The van der Waals surface area contributed by atoms with Crippen LogP contribution in [0.1, 0.15) is 51.3 Å². The Morgan fingerprint density at radius 1 is 0.895 bits per heavy atom. The van der Waals surface area contributed by atoms with Crippen molar-refractivity contribution in [1.29, 1.82) is 0 Å². The van der Waals surface area contributed by atoms with Crippen molar-refractivity contribution in [1.82, 2.24) is 4.90 Å². The van der Waals surface area contributed by atoms with E-state index in [0.717, 1.165) is 28.0 Å². The molecule has 0 saturated heterocycles. The molecule has 38 heavy (non-hydrogen) atoms. The molecule has 7 nitrogen and oxygen atoms in total. The quantitative estimate of drug-likeness (QED) is 0.305. The highest BCUT2D eigenvalue weighted by Crippen LogP contribution is 2.41. The monoisotopic (exact) mass is 513 g/mol. The topological polar surface area (TPSA) is 78.2 Å². The lowest BCUT2D eigenvalue weighted by Gasteiger charge is -2.26. The number of hydrogen-bond acceptors (Lipinski definition) is 6. The van der Waals surface area contributed by atoms with Gasteiger partial charge in [-0.2, -0.15) is 0 Å². The van der Waals surface area contributed by atoms with Crippen molar-refractivity contribution in [2.45, 2.75) is 33.2 Å². The molecule has 0 bridgehead atoms. The first kappa shape index (κ1) is 25.4. The summed E-state index contributed by atoms with van der Waals surface area (Å²) in [7, 11) is 3.20.